The van der Waals surface area contributed by atoms with Crippen molar-refractivity contribution < 1.29 is 9.53 Å². The predicted molar refractivity (Wildman–Crippen MR) is 42.6 cm³/mol. The summed E-state index contributed by atoms with van der Waals surface area (Å²) in [5.74, 6) is 0.565. The van der Waals surface area contributed by atoms with Gasteiger partial charge in [-0.15, -0.1) is 0 Å². The Bertz CT molecular complexity index is 233. The van der Waals surface area contributed by atoms with E-state index < -0.39 is 0 Å². The van der Waals surface area contributed by atoms with Gasteiger partial charge in [-0.25, -0.2) is 0 Å². The van der Waals surface area contributed by atoms with Crippen LogP contribution in [-0.2, 0) is 9.53 Å². The number of hydrogen-bond donors (Lipinski definition) is 0. The van der Waals surface area contributed by atoms with Crippen LogP contribution < -0.4 is 0 Å². The van der Waals surface area contributed by atoms with Crippen molar-refractivity contribution in [2.45, 2.75) is 24.8 Å². The highest BCUT2D eigenvalue weighted by molar-refractivity contribution is 5.84. The normalized spacial score (nSPS) is 46.0. The maximum absolute atomic E-state index is 11.6. The average molecular weight is 167 g/mol. The van der Waals surface area contributed by atoms with E-state index in [1.165, 1.54) is 6.42 Å². The molecule has 66 valence electrons. The first kappa shape index (κ1) is 6.89. The minimum Gasteiger partial charge on any atom is -0.464 e. The predicted octanol–water partition coefficient (Wildman–Crippen LogP) is 0.398. The first-order valence-corrected chi connectivity index (χ1v) is 4.76. The minimum atomic E-state index is -0.153. The Morgan fingerprint density at radius 3 is 3.33 bits per heavy atom. The van der Waals surface area contributed by atoms with Crippen LogP contribution in [0.25, 0.3) is 0 Å². The molecule has 0 aromatic carbocycles. The van der Waals surface area contributed by atoms with Crippen molar-refractivity contribution in [3.8, 4) is 0 Å². The molecular formula is C9H13NO2. The Hall–Kier alpha value is -0.570. The molecule has 0 aliphatic carbocycles. The second-order valence-corrected chi connectivity index (χ2v) is 4.10. The van der Waals surface area contributed by atoms with Gasteiger partial charge in [-0.05, 0) is 32.4 Å². The molecule has 0 radical (unpaired) electrons. The van der Waals surface area contributed by atoms with Gasteiger partial charge in [0.1, 0.15) is 5.54 Å². The minimum absolute atomic E-state index is 0.0579. The van der Waals surface area contributed by atoms with Crippen molar-refractivity contribution in [2.24, 2.45) is 5.92 Å². The Morgan fingerprint density at radius 1 is 1.50 bits per heavy atom. The van der Waals surface area contributed by atoms with Crippen molar-refractivity contribution in [1.29, 1.82) is 0 Å². The number of cyclic esters (lactones) is 1. The van der Waals surface area contributed by atoms with Gasteiger partial charge in [0.25, 0.3) is 0 Å². The number of carbonyl (C=O) groups excluding carboxylic acids is 1. The van der Waals surface area contributed by atoms with Crippen LogP contribution in [-0.4, -0.2) is 36.1 Å². The Morgan fingerprint density at radius 2 is 2.42 bits per heavy atom. The van der Waals surface area contributed by atoms with Gasteiger partial charge < -0.3 is 4.74 Å². The molecule has 3 aliphatic heterocycles. The van der Waals surface area contributed by atoms with E-state index in [2.05, 4.69) is 4.90 Å². The highest BCUT2D eigenvalue weighted by Crippen LogP contribution is 2.47. The molecule has 12 heavy (non-hydrogen) atoms. The molecule has 0 amide bonds. The zero-order chi connectivity index (χ0) is 8.18. The zero-order valence-electron chi connectivity index (χ0n) is 7.08. The molecule has 0 aromatic heterocycles. The molecular weight excluding hydrogens is 154 g/mol. The number of carbonyl (C=O) groups is 1. The lowest BCUT2D eigenvalue weighted by Gasteiger charge is -2.26. The van der Waals surface area contributed by atoms with E-state index in [9.17, 15) is 4.79 Å². The standard InChI is InChI=1S/C9H13NO2/c11-8-9-3-1-4-10(9)5-2-7(9)6-12-8/h7H,1-6H2. The molecule has 1 spiro atoms. The molecule has 3 saturated heterocycles. The smallest absolute Gasteiger partial charge is 0.326 e. The zero-order valence-corrected chi connectivity index (χ0v) is 7.08. The Kier molecular flexibility index (Phi) is 1.16. The monoisotopic (exact) mass is 167 g/mol. The maximum atomic E-state index is 11.6. The van der Waals surface area contributed by atoms with Crippen LogP contribution in [0.2, 0.25) is 0 Å². The summed E-state index contributed by atoms with van der Waals surface area (Å²) in [5, 5.41) is 0. The summed E-state index contributed by atoms with van der Waals surface area (Å²) in [6, 6.07) is 0. The number of ether oxygens (including phenoxy) is 1. The van der Waals surface area contributed by atoms with Crippen molar-refractivity contribution >= 4 is 5.97 Å². The number of nitrogens with zero attached hydrogens (tertiary/aromatic N) is 1. The van der Waals surface area contributed by atoms with Crippen LogP contribution in [0.5, 0.6) is 0 Å². The van der Waals surface area contributed by atoms with E-state index in [0.29, 0.717) is 12.5 Å². The molecule has 3 heterocycles. The maximum Gasteiger partial charge on any atom is 0.326 e. The lowest BCUT2D eigenvalue weighted by molar-refractivity contribution is -0.146. The molecule has 3 aliphatic rings. The number of hydrogen-bond acceptors (Lipinski definition) is 3. The highest BCUT2D eigenvalue weighted by atomic mass is 16.5. The fourth-order valence-electron chi connectivity index (χ4n) is 3.14. The number of esters is 1. The summed E-state index contributed by atoms with van der Waals surface area (Å²) in [7, 11) is 0. The van der Waals surface area contributed by atoms with Crippen LogP contribution >= 0.6 is 0 Å². The van der Waals surface area contributed by atoms with Gasteiger partial charge in [-0.2, -0.15) is 0 Å². The summed E-state index contributed by atoms with van der Waals surface area (Å²) in [4.78, 5) is 13.9. The van der Waals surface area contributed by atoms with Crippen LogP contribution in [0.1, 0.15) is 19.3 Å². The molecule has 0 N–H and O–H groups in total. The van der Waals surface area contributed by atoms with E-state index in [1.54, 1.807) is 0 Å². The van der Waals surface area contributed by atoms with Crippen molar-refractivity contribution in [3.05, 3.63) is 0 Å². The molecule has 3 rings (SSSR count). The second kappa shape index (κ2) is 2.02. The summed E-state index contributed by atoms with van der Waals surface area (Å²) in [6.07, 6.45) is 3.37. The van der Waals surface area contributed by atoms with Gasteiger partial charge in [0.15, 0.2) is 0 Å². The molecule has 0 bridgehead atoms. The van der Waals surface area contributed by atoms with E-state index >= 15 is 0 Å². The van der Waals surface area contributed by atoms with E-state index in [1.807, 2.05) is 0 Å². The van der Waals surface area contributed by atoms with Gasteiger partial charge in [0, 0.05) is 5.92 Å². The Labute approximate surface area is 71.7 Å². The van der Waals surface area contributed by atoms with Crippen LogP contribution in [0, 0.1) is 5.92 Å². The fourth-order valence-corrected chi connectivity index (χ4v) is 3.14. The molecule has 3 nitrogen and oxygen atoms in total. The van der Waals surface area contributed by atoms with Gasteiger partial charge in [-0.3, -0.25) is 9.69 Å². The third kappa shape index (κ3) is 0.565. The third-order valence-corrected chi connectivity index (χ3v) is 3.74. The topological polar surface area (TPSA) is 29.5 Å². The van der Waals surface area contributed by atoms with Gasteiger partial charge >= 0.3 is 5.97 Å². The van der Waals surface area contributed by atoms with Crippen molar-refractivity contribution in [3.63, 3.8) is 0 Å². The van der Waals surface area contributed by atoms with Gasteiger partial charge in [0.05, 0.1) is 6.61 Å². The molecule has 2 unspecified atom stereocenters. The first-order chi connectivity index (χ1) is 5.84. The average Bonchev–Trinajstić information content (AvgIpc) is 2.63. The fraction of sp³-hybridized carbons (Fsp3) is 0.889. The van der Waals surface area contributed by atoms with Crippen LogP contribution in [0.3, 0.4) is 0 Å². The third-order valence-electron chi connectivity index (χ3n) is 3.74. The van der Waals surface area contributed by atoms with E-state index in [0.717, 1.165) is 25.9 Å². The van der Waals surface area contributed by atoms with E-state index in [4.69, 9.17) is 4.74 Å². The van der Waals surface area contributed by atoms with Crippen LogP contribution in [0.4, 0.5) is 0 Å². The molecule has 3 fully saturated rings. The largest absolute Gasteiger partial charge is 0.464 e. The SMILES string of the molecule is O=C1OCC2CCN3CCCC123. The van der Waals surface area contributed by atoms with E-state index in [-0.39, 0.29) is 11.5 Å². The van der Waals surface area contributed by atoms with Gasteiger partial charge in [-0.1, -0.05) is 0 Å². The second-order valence-electron chi connectivity index (χ2n) is 4.10. The lowest BCUT2D eigenvalue weighted by Crippen LogP contribution is -2.46. The highest BCUT2D eigenvalue weighted by Gasteiger charge is 2.61. The Balaban J connectivity index is 2.06. The lowest BCUT2D eigenvalue weighted by atomic mass is 9.86. The first-order valence-electron chi connectivity index (χ1n) is 4.76. The molecule has 0 aromatic rings. The van der Waals surface area contributed by atoms with Crippen molar-refractivity contribution in [2.75, 3.05) is 19.7 Å². The van der Waals surface area contributed by atoms with Crippen LogP contribution in [0.15, 0.2) is 0 Å². The van der Waals surface area contributed by atoms with Gasteiger partial charge in [0.2, 0.25) is 0 Å². The summed E-state index contributed by atoms with van der Waals surface area (Å²) in [6.45, 7) is 2.89. The molecule has 3 heteroatoms. The summed E-state index contributed by atoms with van der Waals surface area (Å²) < 4.78 is 5.14. The molecule has 2 atom stereocenters. The summed E-state index contributed by atoms with van der Waals surface area (Å²) in [5.41, 5.74) is -0.153. The molecule has 0 saturated carbocycles. The van der Waals surface area contributed by atoms with Crippen molar-refractivity contribution in [1.82, 2.24) is 4.90 Å². The quantitative estimate of drug-likeness (QED) is 0.489. The summed E-state index contributed by atoms with van der Waals surface area (Å²) >= 11 is 0. The number of rotatable bonds is 0.